The smallest absolute Gasteiger partial charge is 0.319 e. The number of aliphatic hydroxyl groups excluding tert-OH is 1. The molecule has 1 unspecified atom stereocenters. The van der Waals surface area contributed by atoms with E-state index in [1.165, 1.54) is 0 Å². The zero-order valence-corrected chi connectivity index (χ0v) is 11.5. The minimum atomic E-state index is -0.775. The number of piperidine rings is 1. The quantitative estimate of drug-likeness (QED) is 0.755. The van der Waals surface area contributed by atoms with Crippen LogP contribution >= 0.6 is 0 Å². The van der Waals surface area contributed by atoms with Crippen LogP contribution in [0, 0.1) is 5.92 Å². The van der Waals surface area contributed by atoms with Crippen LogP contribution in [-0.4, -0.2) is 65.3 Å². The summed E-state index contributed by atoms with van der Waals surface area (Å²) in [6.07, 6.45) is 3.33. The third-order valence-electron chi connectivity index (χ3n) is 3.53. The molecule has 0 spiro atoms. The van der Waals surface area contributed by atoms with E-state index in [4.69, 9.17) is 10.2 Å². The fraction of sp³-hybridized carbons (Fsp3) is 0.846. The van der Waals surface area contributed by atoms with Crippen molar-refractivity contribution in [2.24, 2.45) is 5.92 Å². The van der Waals surface area contributed by atoms with Crippen molar-refractivity contribution in [1.29, 1.82) is 0 Å². The highest BCUT2D eigenvalue weighted by molar-refractivity contribution is 5.74. The number of carbonyl (C=O) groups excluding carboxylic acids is 1. The van der Waals surface area contributed by atoms with Gasteiger partial charge >= 0.3 is 12.0 Å². The summed E-state index contributed by atoms with van der Waals surface area (Å²) in [5, 5.41) is 17.5. The lowest BCUT2D eigenvalue weighted by atomic mass is 9.93. The monoisotopic (exact) mass is 272 g/mol. The van der Waals surface area contributed by atoms with Gasteiger partial charge in [0.1, 0.15) is 0 Å². The Morgan fingerprint density at radius 1 is 1.42 bits per heavy atom. The van der Waals surface area contributed by atoms with Gasteiger partial charge in [-0.15, -0.1) is 0 Å². The predicted octanol–water partition coefficient (Wildman–Crippen LogP) is 0.997. The van der Waals surface area contributed by atoms with Crippen LogP contribution in [0.2, 0.25) is 0 Å². The van der Waals surface area contributed by atoms with Crippen LogP contribution in [-0.2, 0) is 4.79 Å². The molecule has 1 saturated heterocycles. The summed E-state index contributed by atoms with van der Waals surface area (Å²) < 4.78 is 0. The minimum absolute atomic E-state index is 0.0199. The minimum Gasteiger partial charge on any atom is -0.481 e. The first-order valence-electron chi connectivity index (χ1n) is 6.87. The van der Waals surface area contributed by atoms with E-state index in [1.807, 2.05) is 0 Å². The highest BCUT2D eigenvalue weighted by Crippen LogP contribution is 2.21. The van der Waals surface area contributed by atoms with Gasteiger partial charge in [-0.3, -0.25) is 4.79 Å². The van der Waals surface area contributed by atoms with Crippen molar-refractivity contribution < 1.29 is 19.8 Å². The fourth-order valence-corrected chi connectivity index (χ4v) is 2.45. The number of urea groups is 1. The first-order chi connectivity index (χ1) is 9.04. The molecule has 2 amide bonds. The molecule has 19 heavy (non-hydrogen) atoms. The molecular formula is C13H24N2O4. The van der Waals surface area contributed by atoms with E-state index in [0.717, 1.165) is 19.4 Å². The number of carboxylic acids is 1. The van der Waals surface area contributed by atoms with Crippen molar-refractivity contribution >= 4 is 12.0 Å². The Morgan fingerprint density at radius 2 is 2.16 bits per heavy atom. The number of hydrogen-bond donors (Lipinski definition) is 2. The number of amides is 2. The number of aliphatic hydroxyl groups is 1. The van der Waals surface area contributed by atoms with E-state index < -0.39 is 5.97 Å². The lowest BCUT2D eigenvalue weighted by molar-refractivity contribution is -0.137. The van der Waals surface area contributed by atoms with Gasteiger partial charge in [-0.25, -0.2) is 4.79 Å². The average Bonchev–Trinajstić information content (AvgIpc) is 2.42. The first-order valence-corrected chi connectivity index (χ1v) is 6.87. The third-order valence-corrected chi connectivity index (χ3v) is 3.53. The van der Waals surface area contributed by atoms with E-state index in [2.05, 4.69) is 0 Å². The summed E-state index contributed by atoms with van der Waals surface area (Å²) in [7, 11) is 1.73. The molecule has 0 aromatic heterocycles. The molecule has 0 bridgehead atoms. The molecule has 2 N–H and O–H groups in total. The third kappa shape index (κ3) is 5.46. The van der Waals surface area contributed by atoms with Gasteiger partial charge in [0.05, 0.1) is 0 Å². The van der Waals surface area contributed by atoms with Crippen LogP contribution in [0.1, 0.15) is 32.1 Å². The number of hydrogen-bond acceptors (Lipinski definition) is 3. The molecule has 1 atom stereocenters. The molecule has 0 aromatic carbocycles. The molecule has 6 heteroatoms. The largest absolute Gasteiger partial charge is 0.481 e. The molecule has 6 nitrogen and oxygen atoms in total. The molecule has 1 aliphatic heterocycles. The maximum atomic E-state index is 12.1. The van der Waals surface area contributed by atoms with Gasteiger partial charge in [0.25, 0.3) is 0 Å². The molecule has 110 valence electrons. The summed E-state index contributed by atoms with van der Waals surface area (Å²) in [5.74, 6) is -0.483. The van der Waals surface area contributed by atoms with Crippen LogP contribution in [0.15, 0.2) is 0 Å². The normalized spacial score (nSPS) is 19.3. The number of carbonyl (C=O) groups is 2. The van der Waals surface area contributed by atoms with Gasteiger partial charge in [0.2, 0.25) is 0 Å². The van der Waals surface area contributed by atoms with E-state index in [1.54, 1.807) is 16.8 Å². The fourth-order valence-electron chi connectivity index (χ4n) is 2.45. The molecule has 0 saturated carbocycles. The van der Waals surface area contributed by atoms with Crippen molar-refractivity contribution in [2.75, 3.05) is 33.3 Å². The van der Waals surface area contributed by atoms with Gasteiger partial charge in [-0.1, -0.05) is 0 Å². The van der Waals surface area contributed by atoms with Crippen molar-refractivity contribution in [2.45, 2.75) is 32.1 Å². The predicted molar refractivity (Wildman–Crippen MR) is 70.9 cm³/mol. The van der Waals surface area contributed by atoms with Crippen LogP contribution in [0.25, 0.3) is 0 Å². The average molecular weight is 272 g/mol. The second kappa shape index (κ2) is 7.99. The van der Waals surface area contributed by atoms with Gasteiger partial charge in [-0.2, -0.15) is 0 Å². The van der Waals surface area contributed by atoms with Crippen LogP contribution in [0.5, 0.6) is 0 Å². The molecule has 0 radical (unpaired) electrons. The Balaban J connectivity index is 2.40. The summed E-state index contributed by atoms with van der Waals surface area (Å²) >= 11 is 0. The van der Waals surface area contributed by atoms with Crippen molar-refractivity contribution in [3.8, 4) is 0 Å². The zero-order valence-electron chi connectivity index (χ0n) is 11.5. The topological polar surface area (TPSA) is 81.1 Å². The Morgan fingerprint density at radius 3 is 2.79 bits per heavy atom. The van der Waals surface area contributed by atoms with E-state index in [9.17, 15) is 9.59 Å². The summed E-state index contributed by atoms with van der Waals surface area (Å²) in [6, 6.07) is -0.0199. The molecule has 0 aliphatic carbocycles. The zero-order chi connectivity index (χ0) is 14.3. The second-order valence-electron chi connectivity index (χ2n) is 5.17. The maximum Gasteiger partial charge on any atom is 0.319 e. The lowest BCUT2D eigenvalue weighted by Gasteiger charge is -2.35. The van der Waals surface area contributed by atoms with Crippen molar-refractivity contribution in [1.82, 2.24) is 9.80 Å². The Labute approximate surface area is 114 Å². The SMILES string of the molecule is CN(CCCO)C(=O)N1CCCC(CCC(=O)O)C1. The standard InChI is InChI=1S/C13H24N2O4/c1-14(7-3-9-16)13(19)15-8-2-4-11(10-15)5-6-12(17)18/h11,16H,2-10H2,1H3,(H,17,18). The van der Waals surface area contributed by atoms with Gasteiger partial charge < -0.3 is 20.0 Å². The van der Waals surface area contributed by atoms with Gasteiger partial charge in [0, 0.05) is 39.7 Å². The summed E-state index contributed by atoms with van der Waals surface area (Å²) in [5.41, 5.74) is 0. The Kier molecular flexibility index (Phi) is 6.62. The molecular weight excluding hydrogens is 248 g/mol. The highest BCUT2D eigenvalue weighted by atomic mass is 16.4. The van der Waals surface area contributed by atoms with E-state index in [-0.39, 0.29) is 19.1 Å². The Hall–Kier alpha value is -1.30. The molecule has 1 heterocycles. The van der Waals surface area contributed by atoms with Crippen molar-refractivity contribution in [3.05, 3.63) is 0 Å². The molecule has 1 rings (SSSR count). The molecule has 1 aliphatic rings. The van der Waals surface area contributed by atoms with Crippen LogP contribution < -0.4 is 0 Å². The number of nitrogens with zero attached hydrogens (tertiary/aromatic N) is 2. The second-order valence-corrected chi connectivity index (χ2v) is 5.17. The summed E-state index contributed by atoms with van der Waals surface area (Å²) in [6.45, 7) is 2.02. The van der Waals surface area contributed by atoms with E-state index >= 15 is 0 Å². The first kappa shape index (κ1) is 15.8. The molecule has 0 aromatic rings. The van der Waals surface area contributed by atoms with Crippen molar-refractivity contribution in [3.63, 3.8) is 0 Å². The molecule has 1 fully saturated rings. The highest BCUT2D eigenvalue weighted by Gasteiger charge is 2.25. The number of aliphatic carboxylic acids is 1. The Bertz CT molecular complexity index is 309. The van der Waals surface area contributed by atoms with E-state index in [0.29, 0.717) is 31.8 Å². The van der Waals surface area contributed by atoms with Gasteiger partial charge in [-0.05, 0) is 31.6 Å². The number of likely N-dealkylation sites (tertiary alicyclic amines) is 1. The van der Waals surface area contributed by atoms with Crippen LogP contribution in [0.3, 0.4) is 0 Å². The van der Waals surface area contributed by atoms with Gasteiger partial charge in [0.15, 0.2) is 0 Å². The summed E-state index contributed by atoms with van der Waals surface area (Å²) in [4.78, 5) is 26.1. The number of carboxylic acid groups (broad SMARTS) is 1. The number of rotatable bonds is 6. The maximum absolute atomic E-state index is 12.1. The van der Waals surface area contributed by atoms with Crippen LogP contribution in [0.4, 0.5) is 4.79 Å². The lowest BCUT2D eigenvalue weighted by Crippen LogP contribution is -2.46.